The molecule has 1 amide bonds. The zero-order chi connectivity index (χ0) is 15.0. The summed E-state index contributed by atoms with van der Waals surface area (Å²) in [5, 5.41) is 0. The van der Waals surface area contributed by atoms with E-state index in [1.54, 1.807) is 17.0 Å². The van der Waals surface area contributed by atoms with Gasteiger partial charge in [-0.15, -0.1) is 0 Å². The number of benzene rings is 1. The van der Waals surface area contributed by atoms with Gasteiger partial charge in [0.2, 0.25) is 5.91 Å². The van der Waals surface area contributed by atoms with Crippen molar-refractivity contribution in [3.8, 4) is 0 Å². The molecule has 110 valence electrons. The summed E-state index contributed by atoms with van der Waals surface area (Å²) in [5.74, 6) is -0.655. The second-order valence-corrected chi connectivity index (χ2v) is 5.49. The molecule has 0 aromatic heterocycles. The Kier molecular flexibility index (Phi) is 3.27. The molecule has 0 saturated carbocycles. The highest BCUT2D eigenvalue weighted by Crippen LogP contribution is 2.43. The molecule has 1 fully saturated rings. The van der Waals surface area contributed by atoms with Gasteiger partial charge >= 0.3 is 5.97 Å². The Labute approximate surface area is 122 Å². The number of halogens is 1. The summed E-state index contributed by atoms with van der Waals surface area (Å²) >= 11 is 0. The molecule has 2 aliphatic heterocycles. The van der Waals surface area contributed by atoms with E-state index in [4.69, 9.17) is 4.74 Å². The molecule has 1 aromatic rings. The van der Waals surface area contributed by atoms with Crippen LogP contribution in [0, 0.1) is 5.82 Å². The van der Waals surface area contributed by atoms with Gasteiger partial charge in [0.05, 0.1) is 0 Å². The fourth-order valence-electron chi connectivity index (χ4n) is 3.06. The predicted octanol–water partition coefficient (Wildman–Crippen LogP) is 2.15. The molecule has 0 N–H and O–H groups in total. The third-order valence-electron chi connectivity index (χ3n) is 4.22. The fraction of sp³-hybridized carbons (Fsp3) is 0.375. The third-order valence-corrected chi connectivity index (χ3v) is 4.22. The van der Waals surface area contributed by atoms with Crippen LogP contribution in [0.1, 0.15) is 25.3 Å². The Morgan fingerprint density at radius 1 is 1.24 bits per heavy atom. The molecule has 0 atom stereocenters. The molecular weight excluding hydrogens is 273 g/mol. The number of esters is 1. The lowest BCUT2D eigenvalue weighted by molar-refractivity contribution is -0.149. The molecular formula is C16H16FNO3. The molecule has 0 radical (unpaired) electrons. The smallest absolute Gasteiger partial charge is 0.332 e. The second kappa shape index (κ2) is 4.98. The lowest BCUT2D eigenvalue weighted by atomic mass is 9.81. The van der Waals surface area contributed by atoms with Crippen molar-refractivity contribution in [3.05, 3.63) is 41.7 Å². The van der Waals surface area contributed by atoms with Crippen LogP contribution >= 0.6 is 0 Å². The molecule has 1 aromatic carbocycles. The Balaban J connectivity index is 1.89. The first-order chi connectivity index (χ1) is 10.00. The summed E-state index contributed by atoms with van der Waals surface area (Å²) in [6.07, 6.45) is 2.62. The molecule has 2 aliphatic rings. The van der Waals surface area contributed by atoms with Crippen molar-refractivity contribution in [2.75, 3.05) is 13.1 Å². The minimum Gasteiger partial charge on any atom is -0.451 e. The molecule has 5 heteroatoms. The first-order valence-corrected chi connectivity index (χ1v) is 6.97. The Morgan fingerprint density at radius 3 is 2.43 bits per heavy atom. The molecule has 1 spiro atoms. The minimum absolute atomic E-state index is 0.0292. The monoisotopic (exact) mass is 289 g/mol. The number of carbonyl (C=O) groups excluding carboxylic acids is 2. The highest BCUT2D eigenvalue weighted by atomic mass is 19.1. The van der Waals surface area contributed by atoms with E-state index in [9.17, 15) is 14.0 Å². The van der Waals surface area contributed by atoms with E-state index >= 15 is 0 Å². The first kappa shape index (κ1) is 13.8. The number of hydrogen-bond acceptors (Lipinski definition) is 3. The van der Waals surface area contributed by atoms with Crippen LogP contribution in [-0.2, 0) is 14.3 Å². The maximum absolute atomic E-state index is 13.1. The number of rotatable bonds is 1. The van der Waals surface area contributed by atoms with Crippen molar-refractivity contribution in [3.63, 3.8) is 0 Å². The third kappa shape index (κ3) is 2.44. The van der Waals surface area contributed by atoms with Crippen LogP contribution in [0.5, 0.6) is 0 Å². The standard InChI is InChI=1S/C16H16FNO3/c1-11(19)18-8-6-16(7-9-18)14(10-15(20)21-16)12-2-4-13(17)5-3-12/h2-5,10H,6-9H2,1H3. The summed E-state index contributed by atoms with van der Waals surface area (Å²) in [7, 11) is 0. The van der Waals surface area contributed by atoms with Gasteiger partial charge in [-0.25, -0.2) is 9.18 Å². The van der Waals surface area contributed by atoms with Gasteiger partial charge in [-0.05, 0) is 17.7 Å². The van der Waals surface area contributed by atoms with Crippen LogP contribution < -0.4 is 0 Å². The van der Waals surface area contributed by atoms with Crippen LogP contribution in [-0.4, -0.2) is 35.5 Å². The van der Waals surface area contributed by atoms with Crippen molar-refractivity contribution in [1.82, 2.24) is 4.90 Å². The summed E-state index contributed by atoms with van der Waals surface area (Å²) in [4.78, 5) is 24.9. The number of amides is 1. The molecule has 0 unspecified atom stereocenters. The normalized spacial score (nSPS) is 20.4. The molecule has 0 aliphatic carbocycles. The lowest BCUT2D eigenvalue weighted by Gasteiger charge is -2.39. The average molecular weight is 289 g/mol. The largest absolute Gasteiger partial charge is 0.451 e. The van der Waals surface area contributed by atoms with Gasteiger partial charge < -0.3 is 9.64 Å². The van der Waals surface area contributed by atoms with Gasteiger partial charge in [0.15, 0.2) is 0 Å². The van der Waals surface area contributed by atoms with E-state index in [0.29, 0.717) is 25.9 Å². The fourth-order valence-corrected chi connectivity index (χ4v) is 3.06. The summed E-state index contributed by atoms with van der Waals surface area (Å²) in [5.41, 5.74) is 0.898. The Bertz CT molecular complexity index is 613. The van der Waals surface area contributed by atoms with Crippen molar-refractivity contribution >= 4 is 17.4 Å². The van der Waals surface area contributed by atoms with Crippen molar-refractivity contribution in [2.45, 2.75) is 25.4 Å². The van der Waals surface area contributed by atoms with E-state index in [1.807, 2.05) is 0 Å². The number of carbonyl (C=O) groups is 2. The molecule has 0 bridgehead atoms. The van der Waals surface area contributed by atoms with Gasteiger partial charge in [0, 0.05) is 44.5 Å². The van der Waals surface area contributed by atoms with Crippen LogP contribution in [0.4, 0.5) is 4.39 Å². The number of nitrogens with zero attached hydrogens (tertiary/aromatic N) is 1. The molecule has 4 nitrogen and oxygen atoms in total. The van der Waals surface area contributed by atoms with Crippen molar-refractivity contribution in [2.24, 2.45) is 0 Å². The molecule has 3 rings (SSSR count). The van der Waals surface area contributed by atoms with Gasteiger partial charge in [-0.2, -0.15) is 0 Å². The molecule has 21 heavy (non-hydrogen) atoms. The first-order valence-electron chi connectivity index (χ1n) is 6.97. The quantitative estimate of drug-likeness (QED) is 0.744. The van der Waals surface area contributed by atoms with Crippen LogP contribution in [0.3, 0.4) is 0 Å². The highest BCUT2D eigenvalue weighted by Gasteiger charge is 2.46. The average Bonchev–Trinajstić information content (AvgIpc) is 2.76. The van der Waals surface area contributed by atoms with Crippen LogP contribution in [0.15, 0.2) is 30.3 Å². The van der Waals surface area contributed by atoms with Crippen LogP contribution in [0.2, 0.25) is 0 Å². The van der Waals surface area contributed by atoms with Crippen molar-refractivity contribution < 1.29 is 18.7 Å². The summed E-state index contributed by atoms with van der Waals surface area (Å²) in [6.45, 7) is 2.65. The zero-order valence-electron chi connectivity index (χ0n) is 11.8. The van der Waals surface area contributed by atoms with Gasteiger partial charge in [0.1, 0.15) is 11.4 Å². The number of hydrogen-bond donors (Lipinski definition) is 0. The maximum Gasteiger partial charge on any atom is 0.332 e. The van der Waals surface area contributed by atoms with E-state index in [-0.39, 0.29) is 17.7 Å². The SMILES string of the molecule is CC(=O)N1CCC2(CC1)OC(=O)C=C2c1ccc(F)cc1. The second-order valence-electron chi connectivity index (χ2n) is 5.49. The van der Waals surface area contributed by atoms with E-state index in [0.717, 1.165) is 11.1 Å². The minimum atomic E-state index is -0.680. The summed E-state index contributed by atoms with van der Waals surface area (Å²) < 4.78 is 18.6. The zero-order valence-corrected chi connectivity index (χ0v) is 11.8. The van der Waals surface area contributed by atoms with E-state index in [1.165, 1.54) is 25.1 Å². The van der Waals surface area contributed by atoms with Crippen LogP contribution in [0.25, 0.3) is 5.57 Å². The Hall–Kier alpha value is -2.17. The maximum atomic E-state index is 13.1. The van der Waals surface area contributed by atoms with Gasteiger partial charge in [-0.3, -0.25) is 4.79 Å². The van der Waals surface area contributed by atoms with Gasteiger partial charge in [0.25, 0.3) is 0 Å². The number of piperidine rings is 1. The summed E-state index contributed by atoms with van der Waals surface area (Å²) in [6, 6.07) is 6.05. The molecule has 1 saturated heterocycles. The lowest BCUT2D eigenvalue weighted by Crippen LogP contribution is -2.47. The van der Waals surface area contributed by atoms with E-state index < -0.39 is 5.60 Å². The van der Waals surface area contributed by atoms with Gasteiger partial charge in [-0.1, -0.05) is 12.1 Å². The van der Waals surface area contributed by atoms with E-state index in [2.05, 4.69) is 0 Å². The predicted molar refractivity (Wildman–Crippen MR) is 74.7 cm³/mol. The Morgan fingerprint density at radius 2 is 1.86 bits per heavy atom. The highest BCUT2D eigenvalue weighted by molar-refractivity contribution is 5.99. The molecule has 2 heterocycles. The van der Waals surface area contributed by atoms with Crippen molar-refractivity contribution in [1.29, 1.82) is 0 Å². The number of ether oxygens (including phenoxy) is 1. The topological polar surface area (TPSA) is 46.6 Å². The number of likely N-dealkylation sites (tertiary alicyclic amines) is 1.